The lowest BCUT2D eigenvalue weighted by Gasteiger charge is -2.07. The van der Waals surface area contributed by atoms with Crippen LogP contribution in [0.4, 0.5) is 5.69 Å². The molecule has 146 valence electrons. The zero-order chi connectivity index (χ0) is 19.9. The Balaban J connectivity index is 1.40. The molecule has 1 aliphatic heterocycles. The molecule has 2 aromatic rings. The Labute approximate surface area is 166 Å². The summed E-state index contributed by atoms with van der Waals surface area (Å²) in [7, 11) is 0. The molecule has 2 aromatic carbocycles. The van der Waals surface area contributed by atoms with Crippen molar-refractivity contribution < 1.29 is 28.6 Å². The van der Waals surface area contributed by atoms with Gasteiger partial charge in [-0.15, -0.1) is 0 Å². The number of ether oxygens (including phenoxy) is 3. The lowest BCUT2D eigenvalue weighted by atomic mass is 10.1. The van der Waals surface area contributed by atoms with Crippen LogP contribution in [0.2, 0.25) is 5.02 Å². The maximum atomic E-state index is 11.8. The first kappa shape index (κ1) is 19.5. The highest BCUT2D eigenvalue weighted by molar-refractivity contribution is 6.30. The topological polar surface area (TPSA) is 95.5 Å². The van der Waals surface area contributed by atoms with Gasteiger partial charge in [-0.2, -0.15) is 0 Å². The highest BCUT2D eigenvalue weighted by Crippen LogP contribution is 2.32. The molecule has 0 aromatic heterocycles. The van der Waals surface area contributed by atoms with Crippen LogP contribution in [0.25, 0.3) is 0 Å². The van der Waals surface area contributed by atoms with Gasteiger partial charge in [-0.3, -0.25) is 4.79 Å². The normalized spacial score (nSPS) is 12.4. The minimum absolute atomic E-state index is 0.183. The summed E-state index contributed by atoms with van der Waals surface area (Å²) in [5.41, 5.74) is 1.86. The lowest BCUT2D eigenvalue weighted by molar-refractivity contribution is -0.151. The molecule has 9 heteroatoms. The van der Waals surface area contributed by atoms with E-state index < -0.39 is 25.1 Å². The van der Waals surface area contributed by atoms with E-state index in [1.54, 1.807) is 49.4 Å². The zero-order valence-corrected chi connectivity index (χ0v) is 15.7. The van der Waals surface area contributed by atoms with Gasteiger partial charge in [0.15, 0.2) is 18.1 Å². The van der Waals surface area contributed by atoms with Crippen molar-refractivity contribution in [2.45, 2.75) is 6.92 Å². The number of benzene rings is 2. The van der Waals surface area contributed by atoms with Gasteiger partial charge in [0.25, 0.3) is 5.91 Å². The number of nitrogens with one attached hydrogen (secondary N) is 1. The maximum Gasteiger partial charge on any atom is 0.347 e. The molecule has 0 aliphatic carbocycles. The quantitative estimate of drug-likeness (QED) is 0.433. The van der Waals surface area contributed by atoms with E-state index in [0.29, 0.717) is 27.9 Å². The molecule has 0 saturated heterocycles. The summed E-state index contributed by atoms with van der Waals surface area (Å²) in [6, 6.07) is 11.9. The van der Waals surface area contributed by atoms with E-state index in [2.05, 4.69) is 10.5 Å². The highest BCUT2D eigenvalue weighted by Gasteiger charge is 2.14. The molecule has 1 aliphatic rings. The Morgan fingerprint density at radius 3 is 2.64 bits per heavy atom. The summed E-state index contributed by atoms with van der Waals surface area (Å²) in [6.45, 7) is 1.05. The van der Waals surface area contributed by atoms with Crippen LogP contribution in [0.3, 0.4) is 0 Å². The number of carbonyl (C=O) groups excluding carboxylic acids is 2. The number of rotatable bonds is 7. The Kier molecular flexibility index (Phi) is 6.33. The molecular weight excluding hydrogens is 388 g/mol. The number of hydrogen-bond donors (Lipinski definition) is 1. The van der Waals surface area contributed by atoms with Gasteiger partial charge in [-0.25, -0.2) is 4.79 Å². The Hall–Kier alpha value is -3.26. The third kappa shape index (κ3) is 5.37. The molecule has 0 saturated carbocycles. The fraction of sp³-hybridized carbons (Fsp3) is 0.211. The van der Waals surface area contributed by atoms with Gasteiger partial charge < -0.3 is 24.4 Å². The SMILES string of the molecule is C/C(=N\OCC(=O)OCC(=O)Nc1ccc(Cl)cc1)c1ccc2c(c1)OCO2. The number of carbonyl (C=O) groups is 2. The molecule has 0 unspecified atom stereocenters. The van der Waals surface area contributed by atoms with Crippen molar-refractivity contribution in [3.63, 3.8) is 0 Å². The Morgan fingerprint density at radius 1 is 1.11 bits per heavy atom. The molecule has 1 amide bonds. The van der Waals surface area contributed by atoms with Crippen LogP contribution in [0.5, 0.6) is 11.5 Å². The van der Waals surface area contributed by atoms with Gasteiger partial charge in [-0.1, -0.05) is 16.8 Å². The fourth-order valence-corrected chi connectivity index (χ4v) is 2.40. The van der Waals surface area contributed by atoms with Crippen LogP contribution < -0.4 is 14.8 Å². The molecule has 0 spiro atoms. The average Bonchev–Trinajstić information content (AvgIpc) is 3.16. The number of esters is 1. The van der Waals surface area contributed by atoms with Gasteiger partial charge >= 0.3 is 5.97 Å². The zero-order valence-electron chi connectivity index (χ0n) is 14.9. The van der Waals surface area contributed by atoms with Crippen molar-refractivity contribution in [3.8, 4) is 11.5 Å². The number of nitrogens with zero attached hydrogens (tertiary/aromatic N) is 1. The smallest absolute Gasteiger partial charge is 0.347 e. The second-order valence-corrected chi connectivity index (χ2v) is 6.17. The second-order valence-electron chi connectivity index (χ2n) is 5.73. The first-order chi connectivity index (χ1) is 13.5. The summed E-state index contributed by atoms with van der Waals surface area (Å²) in [5, 5.41) is 7.00. The van der Waals surface area contributed by atoms with Crippen molar-refractivity contribution in [3.05, 3.63) is 53.1 Å². The van der Waals surface area contributed by atoms with E-state index >= 15 is 0 Å². The third-order valence-electron chi connectivity index (χ3n) is 3.67. The summed E-state index contributed by atoms with van der Waals surface area (Å²) in [6.07, 6.45) is 0. The molecule has 28 heavy (non-hydrogen) atoms. The molecular formula is C19H17ClN2O6. The standard InChI is InChI=1S/C19H17ClN2O6/c1-12(13-2-7-16-17(8-13)27-11-26-16)22-28-10-19(24)25-9-18(23)21-15-5-3-14(20)4-6-15/h2-8H,9-11H2,1H3,(H,21,23)/b22-12+. The average molecular weight is 405 g/mol. The number of hydrogen-bond acceptors (Lipinski definition) is 7. The van der Waals surface area contributed by atoms with E-state index in [1.165, 1.54) is 0 Å². The van der Waals surface area contributed by atoms with Gasteiger partial charge in [-0.05, 0) is 49.4 Å². The van der Waals surface area contributed by atoms with E-state index in [0.717, 1.165) is 5.56 Å². The summed E-state index contributed by atoms with van der Waals surface area (Å²) >= 11 is 5.77. The largest absolute Gasteiger partial charge is 0.454 e. The van der Waals surface area contributed by atoms with Crippen molar-refractivity contribution >= 4 is 34.9 Å². The van der Waals surface area contributed by atoms with Gasteiger partial charge in [0, 0.05) is 16.3 Å². The molecule has 3 rings (SSSR count). The van der Waals surface area contributed by atoms with Gasteiger partial charge in [0.2, 0.25) is 13.4 Å². The molecule has 1 N–H and O–H groups in total. The lowest BCUT2D eigenvalue weighted by Crippen LogP contribution is -2.22. The monoisotopic (exact) mass is 404 g/mol. The molecule has 0 radical (unpaired) electrons. The first-order valence-corrected chi connectivity index (χ1v) is 8.66. The van der Waals surface area contributed by atoms with Crippen molar-refractivity contribution in [1.82, 2.24) is 0 Å². The predicted octanol–water partition coefficient (Wildman–Crippen LogP) is 2.99. The Bertz CT molecular complexity index is 898. The van der Waals surface area contributed by atoms with Crippen LogP contribution in [0.15, 0.2) is 47.6 Å². The van der Waals surface area contributed by atoms with Crippen molar-refractivity contribution in [2.24, 2.45) is 5.16 Å². The minimum Gasteiger partial charge on any atom is -0.454 e. The molecule has 1 heterocycles. The summed E-state index contributed by atoms with van der Waals surface area (Å²) < 4.78 is 15.4. The summed E-state index contributed by atoms with van der Waals surface area (Å²) in [4.78, 5) is 28.4. The van der Waals surface area contributed by atoms with Crippen LogP contribution in [0, 0.1) is 0 Å². The van der Waals surface area contributed by atoms with Gasteiger partial charge in [0.05, 0.1) is 5.71 Å². The molecule has 8 nitrogen and oxygen atoms in total. The number of halogens is 1. The Morgan fingerprint density at radius 2 is 1.86 bits per heavy atom. The third-order valence-corrected chi connectivity index (χ3v) is 3.92. The van der Waals surface area contributed by atoms with Crippen molar-refractivity contribution in [1.29, 1.82) is 0 Å². The molecule has 0 bridgehead atoms. The van der Waals surface area contributed by atoms with E-state index in [-0.39, 0.29) is 6.79 Å². The minimum atomic E-state index is -0.714. The van der Waals surface area contributed by atoms with E-state index in [1.807, 2.05) is 0 Å². The van der Waals surface area contributed by atoms with Crippen LogP contribution >= 0.6 is 11.6 Å². The number of oxime groups is 1. The van der Waals surface area contributed by atoms with Gasteiger partial charge in [0.1, 0.15) is 0 Å². The van der Waals surface area contributed by atoms with Crippen LogP contribution in [-0.4, -0.2) is 37.6 Å². The molecule has 0 fully saturated rings. The second kappa shape index (κ2) is 9.09. The summed E-state index contributed by atoms with van der Waals surface area (Å²) in [5.74, 6) is 0.0975. The predicted molar refractivity (Wildman–Crippen MR) is 102 cm³/mol. The number of anilines is 1. The van der Waals surface area contributed by atoms with E-state index in [9.17, 15) is 9.59 Å². The van der Waals surface area contributed by atoms with Crippen LogP contribution in [0.1, 0.15) is 12.5 Å². The van der Waals surface area contributed by atoms with E-state index in [4.69, 9.17) is 30.6 Å². The highest BCUT2D eigenvalue weighted by atomic mass is 35.5. The maximum absolute atomic E-state index is 11.8. The molecule has 0 atom stereocenters. The van der Waals surface area contributed by atoms with Crippen LogP contribution in [-0.2, 0) is 19.2 Å². The fourth-order valence-electron chi connectivity index (χ4n) is 2.27. The van der Waals surface area contributed by atoms with Crippen molar-refractivity contribution in [2.75, 3.05) is 25.3 Å². The number of fused-ring (bicyclic) bond motifs is 1. The first-order valence-electron chi connectivity index (χ1n) is 8.29. The number of amides is 1.